The molecule has 0 aliphatic rings. The van der Waals surface area contributed by atoms with E-state index >= 15 is 0 Å². The molecule has 2 nitrogen and oxygen atoms in total. The second kappa shape index (κ2) is 19.3. The van der Waals surface area contributed by atoms with Gasteiger partial charge in [0, 0.05) is 0 Å². The summed E-state index contributed by atoms with van der Waals surface area (Å²) in [5, 5.41) is 10.1. The smallest absolute Gasteiger partial charge is 0.336 e. The van der Waals surface area contributed by atoms with Crippen LogP contribution in [0.15, 0.2) is 96.2 Å². The minimum Gasteiger partial charge on any atom is -0.478 e. The van der Waals surface area contributed by atoms with Gasteiger partial charge in [-0.1, -0.05) is 158 Å². The van der Waals surface area contributed by atoms with Gasteiger partial charge in [-0.05, 0) is 41.4 Å². The molecule has 36 heavy (non-hydrogen) atoms. The van der Waals surface area contributed by atoms with E-state index in [1.165, 1.54) is 44.9 Å². The van der Waals surface area contributed by atoms with Crippen LogP contribution >= 0.6 is 0 Å². The van der Waals surface area contributed by atoms with Crippen molar-refractivity contribution in [3.8, 4) is 0 Å². The van der Waals surface area contributed by atoms with E-state index in [9.17, 15) is 9.90 Å². The van der Waals surface area contributed by atoms with E-state index < -0.39 is 5.97 Å². The number of hydrogen-bond acceptors (Lipinski definition) is 1. The van der Waals surface area contributed by atoms with E-state index in [2.05, 4.69) is 58.9 Å². The zero-order valence-electron chi connectivity index (χ0n) is 23.2. The Morgan fingerprint density at radius 1 is 0.750 bits per heavy atom. The van der Waals surface area contributed by atoms with Gasteiger partial charge >= 0.3 is 5.97 Å². The third-order valence-corrected chi connectivity index (χ3v) is 6.11. The lowest BCUT2D eigenvalue weighted by Crippen LogP contribution is -2.12. The van der Waals surface area contributed by atoms with Gasteiger partial charge in [-0.15, -0.1) is 0 Å². The van der Waals surface area contributed by atoms with Crippen molar-refractivity contribution in [1.82, 2.24) is 0 Å². The Balaban J connectivity index is 2.75. The fourth-order valence-corrected chi connectivity index (χ4v) is 4.23. The first-order chi connectivity index (χ1) is 17.4. The minimum atomic E-state index is -0.884. The Kier molecular flexibility index (Phi) is 16.7. The standard InChI is InChI=1S/C34H48O2/c1-6-7-8-9-10-11-12-13-14-15-16-17-18-19-20-24-27-31(28(2)3)32(29(4)5)33(34(35)36)30-25-22-21-23-26-30/h14-29H,6-13H2,1-5H3,(H,35,36). The third kappa shape index (κ3) is 12.7. The summed E-state index contributed by atoms with van der Waals surface area (Å²) in [5.41, 5.74) is 3.08. The fraction of sp³-hybridized carbons (Fsp3) is 0.441. The first-order valence-electron chi connectivity index (χ1n) is 13.8. The molecule has 0 spiro atoms. The molecule has 1 aromatic carbocycles. The van der Waals surface area contributed by atoms with Crippen molar-refractivity contribution in [2.75, 3.05) is 0 Å². The van der Waals surface area contributed by atoms with E-state index in [1.54, 1.807) is 0 Å². The molecule has 0 heterocycles. The molecule has 0 saturated carbocycles. The monoisotopic (exact) mass is 488 g/mol. The van der Waals surface area contributed by atoms with Crippen LogP contribution in [0, 0.1) is 11.8 Å². The van der Waals surface area contributed by atoms with Gasteiger partial charge in [0.1, 0.15) is 0 Å². The summed E-state index contributed by atoms with van der Waals surface area (Å²) < 4.78 is 0. The second-order valence-electron chi connectivity index (χ2n) is 9.88. The Bertz CT molecular complexity index is 921. The van der Waals surface area contributed by atoms with Gasteiger partial charge in [-0.2, -0.15) is 0 Å². The number of rotatable bonds is 17. The van der Waals surface area contributed by atoms with Gasteiger partial charge in [0.25, 0.3) is 0 Å². The van der Waals surface area contributed by atoms with Crippen molar-refractivity contribution in [2.24, 2.45) is 11.8 Å². The zero-order valence-corrected chi connectivity index (χ0v) is 23.2. The molecule has 0 fully saturated rings. The number of benzene rings is 1. The van der Waals surface area contributed by atoms with Crippen LogP contribution in [0.5, 0.6) is 0 Å². The number of carboxylic acid groups (broad SMARTS) is 1. The van der Waals surface area contributed by atoms with Crippen LogP contribution < -0.4 is 0 Å². The quantitative estimate of drug-likeness (QED) is 0.134. The predicted octanol–water partition coefficient (Wildman–Crippen LogP) is 10.1. The van der Waals surface area contributed by atoms with Gasteiger partial charge in [0.05, 0.1) is 5.57 Å². The van der Waals surface area contributed by atoms with E-state index in [1.807, 2.05) is 60.7 Å². The molecule has 0 unspecified atom stereocenters. The van der Waals surface area contributed by atoms with Gasteiger partial charge < -0.3 is 5.11 Å². The number of unbranched alkanes of at least 4 members (excludes halogenated alkanes) is 7. The van der Waals surface area contributed by atoms with Crippen molar-refractivity contribution in [1.29, 1.82) is 0 Å². The Morgan fingerprint density at radius 3 is 1.86 bits per heavy atom. The van der Waals surface area contributed by atoms with Gasteiger partial charge in [-0.25, -0.2) is 4.79 Å². The molecule has 0 aromatic heterocycles. The van der Waals surface area contributed by atoms with Gasteiger partial charge in [-0.3, -0.25) is 0 Å². The van der Waals surface area contributed by atoms with E-state index in [-0.39, 0.29) is 11.8 Å². The average molecular weight is 489 g/mol. The predicted molar refractivity (Wildman–Crippen MR) is 158 cm³/mol. The number of carboxylic acids is 1. The van der Waals surface area contributed by atoms with Crippen molar-refractivity contribution >= 4 is 11.5 Å². The van der Waals surface area contributed by atoms with Crippen molar-refractivity contribution in [2.45, 2.75) is 86.0 Å². The van der Waals surface area contributed by atoms with E-state index in [0.717, 1.165) is 23.1 Å². The van der Waals surface area contributed by atoms with E-state index in [0.29, 0.717) is 5.57 Å². The maximum Gasteiger partial charge on any atom is 0.336 e. The van der Waals surface area contributed by atoms with Crippen molar-refractivity contribution in [3.05, 3.63) is 102 Å². The van der Waals surface area contributed by atoms with Gasteiger partial charge in [0.15, 0.2) is 0 Å². The molecular weight excluding hydrogens is 440 g/mol. The molecular formula is C34H48O2. The summed E-state index contributed by atoms with van der Waals surface area (Å²) in [6.45, 7) is 10.6. The largest absolute Gasteiger partial charge is 0.478 e. The number of carbonyl (C=O) groups is 1. The molecule has 0 atom stereocenters. The summed E-state index contributed by atoms with van der Waals surface area (Å²) >= 11 is 0. The molecule has 0 aliphatic carbocycles. The van der Waals surface area contributed by atoms with Crippen molar-refractivity contribution in [3.63, 3.8) is 0 Å². The topological polar surface area (TPSA) is 37.3 Å². The van der Waals surface area contributed by atoms with Crippen LogP contribution in [0.4, 0.5) is 0 Å². The van der Waals surface area contributed by atoms with Crippen LogP contribution in [-0.4, -0.2) is 11.1 Å². The van der Waals surface area contributed by atoms with E-state index in [4.69, 9.17) is 0 Å². The maximum atomic E-state index is 12.3. The lowest BCUT2D eigenvalue weighted by molar-refractivity contribution is -0.130. The summed E-state index contributed by atoms with van der Waals surface area (Å²) in [6.07, 6.45) is 29.1. The molecule has 196 valence electrons. The second-order valence-corrected chi connectivity index (χ2v) is 9.88. The molecule has 0 amide bonds. The van der Waals surface area contributed by atoms with Gasteiger partial charge in [0.2, 0.25) is 0 Å². The molecule has 0 saturated heterocycles. The van der Waals surface area contributed by atoms with Crippen LogP contribution in [0.2, 0.25) is 0 Å². The maximum absolute atomic E-state index is 12.3. The average Bonchev–Trinajstić information content (AvgIpc) is 2.85. The Hall–Kier alpha value is -2.87. The molecule has 1 aromatic rings. The number of allylic oxidation sites excluding steroid dienone is 11. The Labute approximate surface area is 220 Å². The SMILES string of the molecule is CCCCCCCCCC=CC=CC=CC=CC=C(C(=C(C(=O)O)c1ccccc1)C(C)C)C(C)C. The number of hydrogen-bond donors (Lipinski definition) is 1. The Morgan fingerprint density at radius 2 is 1.31 bits per heavy atom. The fourth-order valence-electron chi connectivity index (χ4n) is 4.23. The first-order valence-corrected chi connectivity index (χ1v) is 13.8. The lowest BCUT2D eigenvalue weighted by atomic mass is 9.82. The molecule has 0 radical (unpaired) electrons. The van der Waals surface area contributed by atoms with Crippen LogP contribution in [0.25, 0.3) is 5.57 Å². The highest BCUT2D eigenvalue weighted by Gasteiger charge is 2.23. The highest BCUT2D eigenvalue weighted by atomic mass is 16.4. The normalized spacial score (nSPS) is 13.8. The molecule has 0 bridgehead atoms. The first kappa shape index (κ1) is 31.2. The summed E-state index contributed by atoms with van der Waals surface area (Å²) in [4.78, 5) is 12.3. The van der Waals surface area contributed by atoms with Crippen LogP contribution in [-0.2, 0) is 4.79 Å². The summed E-state index contributed by atoms with van der Waals surface area (Å²) in [5.74, 6) is -0.592. The lowest BCUT2D eigenvalue weighted by Gasteiger charge is -2.22. The summed E-state index contributed by atoms with van der Waals surface area (Å²) in [6, 6.07) is 9.43. The summed E-state index contributed by atoms with van der Waals surface area (Å²) in [7, 11) is 0. The molecule has 1 rings (SSSR count). The molecule has 1 N–H and O–H groups in total. The molecule has 0 aliphatic heterocycles. The number of aliphatic carboxylic acids is 1. The molecule has 2 heteroatoms. The zero-order chi connectivity index (χ0) is 26.6. The van der Waals surface area contributed by atoms with Crippen LogP contribution in [0.3, 0.4) is 0 Å². The van der Waals surface area contributed by atoms with Crippen LogP contribution in [0.1, 0.15) is 91.5 Å². The van der Waals surface area contributed by atoms with Crippen molar-refractivity contribution < 1.29 is 9.90 Å². The highest BCUT2D eigenvalue weighted by Crippen LogP contribution is 2.33. The highest BCUT2D eigenvalue weighted by molar-refractivity contribution is 6.17. The third-order valence-electron chi connectivity index (χ3n) is 6.11. The minimum absolute atomic E-state index is 0.0877.